The van der Waals surface area contributed by atoms with Gasteiger partial charge in [-0.3, -0.25) is 10.1 Å². The molecule has 2 heterocycles. The Kier molecular flexibility index (Phi) is 8.86. The highest BCUT2D eigenvalue weighted by atomic mass is 32.1. The average molecular weight is 580 g/mol. The van der Waals surface area contributed by atoms with Gasteiger partial charge in [0.2, 0.25) is 0 Å². The van der Waals surface area contributed by atoms with Crippen LogP contribution in [0.25, 0.3) is 11.1 Å². The molecule has 1 fully saturated rings. The van der Waals surface area contributed by atoms with E-state index in [1.165, 1.54) is 17.5 Å². The van der Waals surface area contributed by atoms with Crippen molar-refractivity contribution in [2.75, 3.05) is 41.7 Å². The van der Waals surface area contributed by atoms with Gasteiger partial charge >= 0.3 is 12.2 Å². The summed E-state index contributed by atoms with van der Waals surface area (Å²) in [6, 6.07) is 15.2. The van der Waals surface area contributed by atoms with Crippen molar-refractivity contribution in [3.63, 3.8) is 0 Å². The summed E-state index contributed by atoms with van der Waals surface area (Å²) >= 11 is 1.27. The molecule has 0 saturated carbocycles. The van der Waals surface area contributed by atoms with E-state index < -0.39 is 17.3 Å². The van der Waals surface area contributed by atoms with E-state index in [9.17, 15) is 14.4 Å². The van der Waals surface area contributed by atoms with Crippen molar-refractivity contribution < 1.29 is 23.9 Å². The number of amides is 3. The highest BCUT2D eigenvalue weighted by Gasteiger charge is 2.27. The second-order valence-corrected chi connectivity index (χ2v) is 12.7. The number of anilines is 3. The van der Waals surface area contributed by atoms with Crippen molar-refractivity contribution in [1.82, 2.24) is 9.88 Å². The Bertz CT molecular complexity index is 1390. The highest BCUT2D eigenvalue weighted by Crippen LogP contribution is 2.31. The molecule has 2 N–H and O–H groups in total. The van der Waals surface area contributed by atoms with E-state index in [0.29, 0.717) is 47.6 Å². The molecule has 41 heavy (non-hydrogen) atoms. The number of thiazole rings is 1. The number of nitrogens with zero attached hydrogens (tertiary/aromatic N) is 3. The molecular weight excluding hydrogens is 542 g/mol. The number of benzene rings is 2. The first-order valence-corrected chi connectivity index (χ1v) is 14.3. The SMILES string of the molecule is CC(C)(C)OC(=O)Nc1ccc(-c2ccccc2)cc1NC(=O)c1cnc(N2CCN(C(=O)OC(C)(C)C)CC2)s1. The van der Waals surface area contributed by atoms with Crippen LogP contribution >= 0.6 is 11.3 Å². The second-order valence-electron chi connectivity index (χ2n) is 11.7. The molecule has 0 atom stereocenters. The van der Waals surface area contributed by atoms with E-state index >= 15 is 0 Å². The van der Waals surface area contributed by atoms with Crippen molar-refractivity contribution in [3.8, 4) is 11.1 Å². The largest absolute Gasteiger partial charge is 0.444 e. The number of hydrogen-bond donors (Lipinski definition) is 2. The first-order valence-electron chi connectivity index (χ1n) is 13.5. The zero-order valence-corrected chi connectivity index (χ0v) is 25.1. The summed E-state index contributed by atoms with van der Waals surface area (Å²) in [4.78, 5) is 46.8. The Morgan fingerprint density at radius 3 is 2.10 bits per heavy atom. The van der Waals surface area contributed by atoms with Gasteiger partial charge in [-0.25, -0.2) is 14.6 Å². The number of ether oxygens (including phenoxy) is 2. The third kappa shape index (κ3) is 8.43. The Morgan fingerprint density at radius 1 is 0.805 bits per heavy atom. The maximum Gasteiger partial charge on any atom is 0.412 e. The van der Waals surface area contributed by atoms with Gasteiger partial charge in [0.1, 0.15) is 16.1 Å². The van der Waals surface area contributed by atoms with Crippen LogP contribution in [0.1, 0.15) is 51.2 Å². The summed E-state index contributed by atoms with van der Waals surface area (Å²) in [6.07, 6.45) is 0.591. The molecule has 0 bridgehead atoms. The molecule has 1 aliphatic heterocycles. The molecule has 3 amide bonds. The van der Waals surface area contributed by atoms with Crippen molar-refractivity contribution >= 4 is 45.9 Å². The quantitative estimate of drug-likeness (QED) is 0.356. The maximum absolute atomic E-state index is 13.3. The lowest BCUT2D eigenvalue weighted by Gasteiger charge is -2.35. The zero-order chi connectivity index (χ0) is 29.8. The number of rotatable bonds is 5. The van der Waals surface area contributed by atoms with Crippen molar-refractivity contribution in [2.24, 2.45) is 0 Å². The van der Waals surface area contributed by atoms with E-state index in [1.807, 2.05) is 68.1 Å². The molecule has 0 unspecified atom stereocenters. The molecule has 4 rings (SSSR count). The molecule has 2 aromatic carbocycles. The van der Waals surface area contributed by atoms with Crippen LogP contribution in [0.15, 0.2) is 54.7 Å². The standard InChI is InChI=1S/C30H37N5O5S/c1-29(2,3)39-27(37)33-22-13-12-21(20-10-8-7-9-11-20)18-23(22)32-25(36)24-19-31-26(41-24)34-14-16-35(17-15-34)28(38)40-30(4,5)6/h7-13,18-19H,14-17H2,1-6H3,(H,32,36)(H,33,37). The Hall–Kier alpha value is -4.12. The van der Waals surface area contributed by atoms with Crippen molar-refractivity contribution in [2.45, 2.75) is 52.7 Å². The van der Waals surface area contributed by atoms with Crippen LogP contribution in [0.5, 0.6) is 0 Å². The summed E-state index contributed by atoms with van der Waals surface area (Å²) in [5.74, 6) is -0.349. The summed E-state index contributed by atoms with van der Waals surface area (Å²) < 4.78 is 10.9. The number of carbonyl (C=O) groups is 3. The average Bonchev–Trinajstić information content (AvgIpc) is 3.39. The Labute approximate surface area is 244 Å². The number of piperazine rings is 1. The monoisotopic (exact) mass is 579 g/mol. The molecule has 0 radical (unpaired) electrons. The smallest absolute Gasteiger partial charge is 0.412 e. The van der Waals surface area contributed by atoms with Crippen LogP contribution in [0.4, 0.5) is 26.1 Å². The molecule has 11 heteroatoms. The third-order valence-corrected chi connectivity index (χ3v) is 6.99. The molecule has 10 nitrogen and oxygen atoms in total. The normalized spacial score (nSPS) is 13.9. The third-order valence-electron chi connectivity index (χ3n) is 5.93. The van der Waals surface area contributed by atoms with Gasteiger partial charge in [0.25, 0.3) is 5.91 Å². The van der Waals surface area contributed by atoms with Gasteiger partial charge in [-0.1, -0.05) is 47.7 Å². The molecule has 0 aliphatic carbocycles. The molecule has 1 saturated heterocycles. The fraction of sp³-hybridized carbons (Fsp3) is 0.400. The van der Waals surface area contributed by atoms with E-state index in [0.717, 1.165) is 11.1 Å². The summed E-state index contributed by atoms with van der Waals surface area (Å²) in [5, 5.41) is 6.38. The number of nitrogens with one attached hydrogen (secondary N) is 2. The number of aromatic nitrogens is 1. The van der Waals surface area contributed by atoms with Crippen LogP contribution in [0, 0.1) is 0 Å². The Morgan fingerprint density at radius 2 is 1.46 bits per heavy atom. The topological polar surface area (TPSA) is 113 Å². The van der Waals surface area contributed by atoms with Crippen LogP contribution in [0.3, 0.4) is 0 Å². The summed E-state index contributed by atoms with van der Waals surface area (Å²) in [5.41, 5.74) is 1.48. The maximum atomic E-state index is 13.3. The van der Waals surface area contributed by atoms with E-state index in [1.54, 1.807) is 31.7 Å². The zero-order valence-electron chi connectivity index (χ0n) is 24.3. The number of hydrogen-bond acceptors (Lipinski definition) is 8. The fourth-order valence-electron chi connectivity index (χ4n) is 4.09. The van der Waals surface area contributed by atoms with Crippen LogP contribution in [-0.2, 0) is 9.47 Å². The van der Waals surface area contributed by atoms with E-state index in [2.05, 4.69) is 15.6 Å². The van der Waals surface area contributed by atoms with Gasteiger partial charge in [-0.05, 0) is 64.8 Å². The fourth-order valence-corrected chi connectivity index (χ4v) is 4.95. The first-order chi connectivity index (χ1) is 19.3. The molecule has 0 spiro atoms. The van der Waals surface area contributed by atoms with Gasteiger partial charge in [0.15, 0.2) is 5.13 Å². The number of carbonyl (C=O) groups excluding carboxylic acids is 3. The minimum absolute atomic E-state index is 0.329. The lowest BCUT2D eigenvalue weighted by Crippen LogP contribution is -2.50. The van der Waals surface area contributed by atoms with Crippen LogP contribution < -0.4 is 15.5 Å². The predicted octanol–water partition coefficient (Wildman–Crippen LogP) is 6.47. The molecule has 1 aliphatic rings. The minimum Gasteiger partial charge on any atom is -0.444 e. The Balaban J connectivity index is 1.47. The van der Waals surface area contributed by atoms with Gasteiger partial charge < -0.3 is 24.6 Å². The lowest BCUT2D eigenvalue weighted by molar-refractivity contribution is 0.0240. The highest BCUT2D eigenvalue weighted by molar-refractivity contribution is 7.17. The summed E-state index contributed by atoms with van der Waals surface area (Å²) in [7, 11) is 0. The van der Waals surface area contributed by atoms with Gasteiger partial charge in [-0.15, -0.1) is 0 Å². The predicted molar refractivity (Wildman–Crippen MR) is 162 cm³/mol. The molecular formula is C30H37N5O5S. The lowest BCUT2D eigenvalue weighted by atomic mass is 10.0. The summed E-state index contributed by atoms with van der Waals surface area (Å²) in [6.45, 7) is 13.1. The molecule has 3 aromatic rings. The van der Waals surface area contributed by atoms with E-state index in [-0.39, 0.29) is 12.0 Å². The van der Waals surface area contributed by atoms with Crippen molar-refractivity contribution in [1.29, 1.82) is 0 Å². The van der Waals surface area contributed by atoms with Crippen LogP contribution in [-0.4, -0.2) is 65.4 Å². The van der Waals surface area contributed by atoms with Crippen LogP contribution in [0.2, 0.25) is 0 Å². The molecule has 1 aromatic heterocycles. The van der Waals surface area contributed by atoms with Gasteiger partial charge in [-0.2, -0.15) is 0 Å². The van der Waals surface area contributed by atoms with E-state index in [4.69, 9.17) is 9.47 Å². The minimum atomic E-state index is -0.672. The second kappa shape index (κ2) is 12.2. The molecule has 218 valence electrons. The van der Waals surface area contributed by atoms with Gasteiger partial charge in [0, 0.05) is 26.2 Å². The van der Waals surface area contributed by atoms with Crippen molar-refractivity contribution in [3.05, 3.63) is 59.6 Å². The first kappa shape index (κ1) is 29.9. The van der Waals surface area contributed by atoms with Gasteiger partial charge in [0.05, 0.1) is 17.6 Å².